The summed E-state index contributed by atoms with van der Waals surface area (Å²) in [6, 6.07) is 2.36. The summed E-state index contributed by atoms with van der Waals surface area (Å²) >= 11 is 5.90. The van der Waals surface area contributed by atoms with Gasteiger partial charge in [0.05, 0.1) is 18.9 Å². The lowest BCUT2D eigenvalue weighted by Gasteiger charge is -2.33. The first-order chi connectivity index (χ1) is 7.29. The molecule has 0 aliphatic carbocycles. The zero-order valence-electron chi connectivity index (χ0n) is 8.90. The number of morpholine rings is 1. The van der Waals surface area contributed by atoms with Gasteiger partial charge in [-0.3, -0.25) is 9.58 Å². The largest absolute Gasteiger partial charge is 0.378 e. The number of hydrogen-bond donors (Lipinski definition) is 0. The van der Waals surface area contributed by atoms with Crippen molar-refractivity contribution in [2.45, 2.75) is 12.6 Å². The van der Waals surface area contributed by atoms with Crippen LogP contribution in [0.25, 0.3) is 0 Å². The van der Waals surface area contributed by atoms with Gasteiger partial charge in [0.25, 0.3) is 0 Å². The molecule has 1 aliphatic rings. The monoisotopic (exact) mass is 229 g/mol. The molecule has 1 fully saturated rings. The topological polar surface area (TPSA) is 30.3 Å². The molecule has 0 bridgehead atoms. The first-order valence-electron chi connectivity index (χ1n) is 5.16. The average Bonchev–Trinajstić information content (AvgIpc) is 2.65. The molecule has 1 aromatic heterocycles. The van der Waals surface area contributed by atoms with Crippen LogP contribution in [-0.2, 0) is 18.3 Å². The van der Waals surface area contributed by atoms with Crippen molar-refractivity contribution >= 4 is 11.6 Å². The summed E-state index contributed by atoms with van der Waals surface area (Å²) in [5.74, 6) is 0.618. The summed E-state index contributed by atoms with van der Waals surface area (Å²) < 4.78 is 7.22. The van der Waals surface area contributed by atoms with Crippen LogP contribution in [-0.4, -0.2) is 46.4 Å². The van der Waals surface area contributed by atoms with Gasteiger partial charge >= 0.3 is 0 Å². The number of rotatable bonds is 3. The van der Waals surface area contributed by atoms with Crippen molar-refractivity contribution in [3.05, 3.63) is 18.0 Å². The second-order valence-corrected chi connectivity index (χ2v) is 4.14. The van der Waals surface area contributed by atoms with Crippen molar-refractivity contribution in [2.24, 2.45) is 7.05 Å². The van der Waals surface area contributed by atoms with Crippen molar-refractivity contribution in [3.8, 4) is 0 Å². The zero-order valence-corrected chi connectivity index (χ0v) is 9.65. The number of hydrogen-bond acceptors (Lipinski definition) is 3. The third-order valence-electron chi connectivity index (χ3n) is 2.66. The predicted molar refractivity (Wildman–Crippen MR) is 58.9 cm³/mol. The lowest BCUT2D eigenvalue weighted by Crippen LogP contribution is -2.45. The van der Waals surface area contributed by atoms with E-state index in [9.17, 15) is 0 Å². The molecule has 0 amide bonds. The molecule has 0 saturated carbocycles. The van der Waals surface area contributed by atoms with Crippen LogP contribution in [0, 0.1) is 0 Å². The minimum Gasteiger partial charge on any atom is -0.378 e. The molecule has 0 N–H and O–H groups in total. The van der Waals surface area contributed by atoms with E-state index in [2.05, 4.69) is 10.00 Å². The van der Waals surface area contributed by atoms with E-state index in [-0.39, 0.29) is 0 Å². The molecule has 1 aliphatic heterocycles. The number of nitrogens with zero attached hydrogens (tertiary/aromatic N) is 3. The van der Waals surface area contributed by atoms with Crippen LogP contribution in [0.15, 0.2) is 12.3 Å². The summed E-state index contributed by atoms with van der Waals surface area (Å²) in [7, 11) is 1.93. The van der Waals surface area contributed by atoms with Gasteiger partial charge in [-0.2, -0.15) is 5.10 Å². The zero-order chi connectivity index (χ0) is 10.7. The quantitative estimate of drug-likeness (QED) is 0.721. The highest BCUT2D eigenvalue weighted by molar-refractivity contribution is 6.18. The normalized spacial score (nSPS) is 23.2. The SMILES string of the molecule is Cn1ccc(CN2CCOCC2CCl)n1. The van der Waals surface area contributed by atoms with Gasteiger partial charge in [-0.15, -0.1) is 11.6 Å². The molecule has 0 spiro atoms. The maximum absolute atomic E-state index is 5.90. The summed E-state index contributed by atoms with van der Waals surface area (Å²) in [6.07, 6.45) is 1.96. The standard InChI is InChI=1S/C10H16ClN3O/c1-13-3-2-9(12-13)7-14-4-5-15-8-10(14)6-11/h2-3,10H,4-8H2,1H3. The van der Waals surface area contributed by atoms with E-state index in [1.807, 2.05) is 24.0 Å². The third-order valence-corrected chi connectivity index (χ3v) is 3.02. The van der Waals surface area contributed by atoms with Crippen molar-refractivity contribution in [1.82, 2.24) is 14.7 Å². The fourth-order valence-electron chi connectivity index (χ4n) is 1.80. The number of aromatic nitrogens is 2. The fourth-order valence-corrected chi connectivity index (χ4v) is 2.08. The minimum absolute atomic E-state index is 0.322. The molecule has 5 heteroatoms. The van der Waals surface area contributed by atoms with E-state index in [0.29, 0.717) is 11.9 Å². The molecular formula is C10H16ClN3O. The lowest BCUT2D eigenvalue weighted by atomic mass is 10.2. The summed E-state index contributed by atoms with van der Waals surface area (Å²) in [6.45, 7) is 3.33. The maximum Gasteiger partial charge on any atom is 0.0764 e. The Hall–Kier alpha value is -0.580. The first kappa shape index (κ1) is 10.9. The highest BCUT2D eigenvalue weighted by Crippen LogP contribution is 2.12. The van der Waals surface area contributed by atoms with Crippen molar-refractivity contribution in [1.29, 1.82) is 0 Å². The molecule has 4 nitrogen and oxygen atoms in total. The average molecular weight is 230 g/mol. The Kier molecular flexibility index (Phi) is 3.61. The van der Waals surface area contributed by atoms with Crippen molar-refractivity contribution in [3.63, 3.8) is 0 Å². The Labute approximate surface area is 94.8 Å². The highest BCUT2D eigenvalue weighted by Gasteiger charge is 2.22. The molecule has 1 unspecified atom stereocenters. The molecule has 1 atom stereocenters. The second-order valence-electron chi connectivity index (χ2n) is 3.83. The van der Waals surface area contributed by atoms with Crippen LogP contribution in [0.2, 0.25) is 0 Å². The summed E-state index contributed by atoms with van der Waals surface area (Å²) in [5.41, 5.74) is 1.09. The van der Waals surface area contributed by atoms with Crippen molar-refractivity contribution in [2.75, 3.05) is 25.6 Å². The van der Waals surface area contributed by atoms with Crippen molar-refractivity contribution < 1.29 is 4.74 Å². The van der Waals surface area contributed by atoms with E-state index in [4.69, 9.17) is 16.3 Å². The van der Waals surface area contributed by atoms with Gasteiger partial charge in [0.1, 0.15) is 0 Å². The molecule has 84 valence electrons. The van der Waals surface area contributed by atoms with E-state index < -0.39 is 0 Å². The number of alkyl halides is 1. The molecule has 2 heterocycles. The Morgan fingerprint density at radius 3 is 3.20 bits per heavy atom. The molecule has 0 radical (unpaired) electrons. The Bertz CT molecular complexity index is 315. The maximum atomic E-state index is 5.90. The van der Waals surface area contributed by atoms with Crippen LogP contribution >= 0.6 is 11.6 Å². The van der Waals surface area contributed by atoms with Gasteiger partial charge in [-0.05, 0) is 6.07 Å². The second kappa shape index (κ2) is 4.96. The van der Waals surface area contributed by atoms with Crippen LogP contribution in [0.5, 0.6) is 0 Å². The van der Waals surface area contributed by atoms with Gasteiger partial charge in [0.2, 0.25) is 0 Å². The third kappa shape index (κ3) is 2.71. The van der Waals surface area contributed by atoms with Gasteiger partial charge < -0.3 is 4.74 Å². The first-order valence-corrected chi connectivity index (χ1v) is 5.69. The van der Waals surface area contributed by atoms with Gasteiger partial charge in [0, 0.05) is 38.3 Å². The van der Waals surface area contributed by atoms with E-state index >= 15 is 0 Å². The van der Waals surface area contributed by atoms with E-state index in [0.717, 1.165) is 32.0 Å². The van der Waals surface area contributed by atoms with Crippen LogP contribution < -0.4 is 0 Å². The summed E-state index contributed by atoms with van der Waals surface area (Å²) in [4.78, 5) is 2.33. The Morgan fingerprint density at radius 1 is 1.67 bits per heavy atom. The Balaban J connectivity index is 1.97. The number of halogens is 1. The van der Waals surface area contributed by atoms with Crippen LogP contribution in [0.3, 0.4) is 0 Å². The molecule has 15 heavy (non-hydrogen) atoms. The van der Waals surface area contributed by atoms with Gasteiger partial charge in [-0.1, -0.05) is 0 Å². The predicted octanol–water partition coefficient (Wildman–Crippen LogP) is 0.860. The van der Waals surface area contributed by atoms with E-state index in [1.165, 1.54) is 0 Å². The van der Waals surface area contributed by atoms with Gasteiger partial charge in [0.15, 0.2) is 0 Å². The highest BCUT2D eigenvalue weighted by atomic mass is 35.5. The van der Waals surface area contributed by atoms with Crippen LogP contribution in [0.4, 0.5) is 0 Å². The minimum atomic E-state index is 0.322. The van der Waals surface area contributed by atoms with Crippen LogP contribution in [0.1, 0.15) is 5.69 Å². The van der Waals surface area contributed by atoms with Gasteiger partial charge in [-0.25, -0.2) is 0 Å². The number of aryl methyl sites for hydroxylation is 1. The molecule has 1 saturated heterocycles. The number of ether oxygens (including phenoxy) is 1. The summed E-state index contributed by atoms with van der Waals surface area (Å²) in [5, 5.41) is 4.36. The molecular weight excluding hydrogens is 214 g/mol. The molecule has 0 aromatic carbocycles. The molecule has 1 aromatic rings. The Morgan fingerprint density at radius 2 is 2.53 bits per heavy atom. The molecule has 2 rings (SSSR count). The van der Waals surface area contributed by atoms with E-state index in [1.54, 1.807) is 0 Å². The fraction of sp³-hybridized carbons (Fsp3) is 0.700. The smallest absolute Gasteiger partial charge is 0.0764 e. The lowest BCUT2D eigenvalue weighted by molar-refractivity contribution is -0.00363.